The van der Waals surface area contributed by atoms with Gasteiger partial charge in [0, 0.05) is 24.4 Å². The summed E-state index contributed by atoms with van der Waals surface area (Å²) in [6, 6.07) is 6.55. The Balaban J connectivity index is 0.00000243. The first-order chi connectivity index (χ1) is 12.0. The van der Waals surface area contributed by atoms with Gasteiger partial charge in [-0.3, -0.25) is 9.79 Å². The van der Waals surface area contributed by atoms with E-state index in [1.807, 2.05) is 7.05 Å². The van der Waals surface area contributed by atoms with E-state index < -0.39 is 0 Å². The molecule has 1 aliphatic heterocycles. The van der Waals surface area contributed by atoms with Gasteiger partial charge in [0.15, 0.2) is 5.17 Å². The van der Waals surface area contributed by atoms with E-state index in [9.17, 15) is 9.18 Å². The first kappa shape index (κ1) is 21.0. The number of nitrogens with zero attached hydrogens (tertiary/aromatic N) is 2. The highest BCUT2D eigenvalue weighted by Gasteiger charge is 2.36. The Morgan fingerprint density at radius 2 is 2.08 bits per heavy atom. The van der Waals surface area contributed by atoms with Crippen molar-refractivity contribution in [2.75, 3.05) is 12.4 Å². The molecule has 1 aromatic rings. The minimum absolute atomic E-state index is 0. The van der Waals surface area contributed by atoms with E-state index in [4.69, 9.17) is 4.99 Å². The Hall–Kier alpha value is -1.27. The van der Waals surface area contributed by atoms with Gasteiger partial charge in [-0.2, -0.15) is 0 Å². The van der Waals surface area contributed by atoms with E-state index in [-0.39, 0.29) is 30.2 Å². The summed E-state index contributed by atoms with van der Waals surface area (Å²) in [6.07, 6.45) is 6.60. The predicted octanol–water partition coefficient (Wildman–Crippen LogP) is 4.70. The molecule has 4 nitrogen and oxygen atoms in total. The summed E-state index contributed by atoms with van der Waals surface area (Å²) in [5.41, 5.74) is 0.502. The van der Waals surface area contributed by atoms with Gasteiger partial charge in [0.1, 0.15) is 5.82 Å². The lowest BCUT2D eigenvalue weighted by Crippen LogP contribution is -2.36. The zero-order chi connectivity index (χ0) is 17.8. The first-order valence-electron chi connectivity index (χ1n) is 9.05. The van der Waals surface area contributed by atoms with Gasteiger partial charge in [0.25, 0.3) is 0 Å². The van der Waals surface area contributed by atoms with Crippen LogP contribution in [-0.4, -0.2) is 40.4 Å². The predicted molar refractivity (Wildman–Crippen MR) is 110 cm³/mol. The third-order valence-electron chi connectivity index (χ3n) is 5.00. The number of nitrogens with one attached hydrogen (secondary N) is 1. The van der Waals surface area contributed by atoms with Crippen LogP contribution >= 0.6 is 24.2 Å². The van der Waals surface area contributed by atoms with Crippen LogP contribution < -0.4 is 5.32 Å². The van der Waals surface area contributed by atoms with Crippen LogP contribution in [-0.2, 0) is 4.79 Å². The van der Waals surface area contributed by atoms with Gasteiger partial charge in [-0.25, -0.2) is 4.39 Å². The summed E-state index contributed by atoms with van der Waals surface area (Å²) in [5, 5.41) is 4.16. The molecule has 2 unspecified atom stereocenters. The number of benzene rings is 1. The van der Waals surface area contributed by atoms with E-state index >= 15 is 0 Å². The summed E-state index contributed by atoms with van der Waals surface area (Å²) in [7, 11) is 2.03. The number of thioether (sulfide) groups is 1. The number of hydrogen-bond donors (Lipinski definition) is 1. The van der Waals surface area contributed by atoms with Crippen molar-refractivity contribution in [3.63, 3.8) is 0 Å². The van der Waals surface area contributed by atoms with Crippen LogP contribution in [0.2, 0.25) is 0 Å². The van der Waals surface area contributed by atoms with Gasteiger partial charge in [-0.05, 0) is 31.0 Å². The lowest BCUT2D eigenvalue weighted by atomic mass is 9.96. The normalized spacial score (nSPS) is 25.2. The molecule has 2 aliphatic rings. The molecule has 1 amide bonds. The van der Waals surface area contributed by atoms with Crippen LogP contribution in [0.3, 0.4) is 0 Å². The lowest BCUT2D eigenvalue weighted by Gasteiger charge is -2.24. The fourth-order valence-corrected chi connectivity index (χ4v) is 4.82. The number of carbonyl (C=O) groups excluding carboxylic acids is 1. The molecule has 2 fully saturated rings. The van der Waals surface area contributed by atoms with Crippen LogP contribution in [0.1, 0.15) is 45.4 Å². The maximum Gasteiger partial charge on any atom is 0.226 e. The fraction of sp³-hybridized carbons (Fsp3) is 0.579. The van der Waals surface area contributed by atoms with Gasteiger partial charge >= 0.3 is 0 Å². The van der Waals surface area contributed by atoms with Crippen molar-refractivity contribution in [2.45, 2.75) is 62.8 Å². The molecular formula is C19H27ClFN3OS. The minimum Gasteiger partial charge on any atom is -0.350 e. The third kappa shape index (κ3) is 5.36. The van der Waals surface area contributed by atoms with Gasteiger partial charge in [-0.15, -0.1) is 12.4 Å². The van der Waals surface area contributed by atoms with Crippen molar-refractivity contribution in [3.05, 3.63) is 30.1 Å². The Morgan fingerprint density at radius 3 is 2.77 bits per heavy atom. The molecule has 1 saturated carbocycles. The Bertz CT molecular complexity index is 651. The largest absolute Gasteiger partial charge is 0.350 e. The fourth-order valence-electron chi connectivity index (χ4n) is 3.54. The Morgan fingerprint density at radius 1 is 1.35 bits per heavy atom. The summed E-state index contributed by atoms with van der Waals surface area (Å²) >= 11 is 1.76. The number of amidine groups is 1. The van der Waals surface area contributed by atoms with Gasteiger partial charge in [-0.1, -0.05) is 44.0 Å². The molecule has 0 radical (unpaired) electrons. The molecule has 3 rings (SSSR count). The second-order valence-electron chi connectivity index (χ2n) is 6.97. The van der Waals surface area contributed by atoms with Crippen molar-refractivity contribution in [1.82, 2.24) is 4.90 Å². The van der Waals surface area contributed by atoms with Gasteiger partial charge in [0.2, 0.25) is 5.91 Å². The molecule has 2 atom stereocenters. The molecule has 144 valence electrons. The number of rotatable bonds is 4. The zero-order valence-electron chi connectivity index (χ0n) is 15.3. The highest BCUT2D eigenvalue weighted by Crippen LogP contribution is 2.34. The van der Waals surface area contributed by atoms with Crippen LogP contribution in [0.5, 0.6) is 0 Å². The zero-order valence-corrected chi connectivity index (χ0v) is 16.9. The number of hydrogen-bond acceptors (Lipinski definition) is 3. The van der Waals surface area contributed by atoms with Crippen LogP contribution in [0, 0.1) is 5.82 Å². The average molecular weight is 400 g/mol. The molecule has 1 heterocycles. The number of amides is 1. The summed E-state index contributed by atoms with van der Waals surface area (Å²) in [4.78, 5) is 19.4. The van der Waals surface area contributed by atoms with E-state index in [2.05, 4.69) is 17.1 Å². The maximum atomic E-state index is 13.2. The molecule has 0 spiro atoms. The third-order valence-corrected chi connectivity index (χ3v) is 6.29. The van der Waals surface area contributed by atoms with Crippen LogP contribution in [0.25, 0.3) is 0 Å². The van der Waals surface area contributed by atoms with E-state index in [0.29, 0.717) is 23.4 Å². The average Bonchev–Trinajstić information content (AvgIpc) is 2.83. The molecule has 1 N–H and O–H groups in total. The molecule has 7 heteroatoms. The molecule has 1 aromatic carbocycles. The summed E-state index contributed by atoms with van der Waals surface area (Å²) in [6.45, 7) is 2.14. The van der Waals surface area contributed by atoms with E-state index in [1.165, 1.54) is 44.2 Å². The summed E-state index contributed by atoms with van der Waals surface area (Å²) in [5.74, 6) is -0.435. The molecular weight excluding hydrogens is 373 g/mol. The number of anilines is 1. The molecule has 0 aromatic heterocycles. The molecule has 26 heavy (non-hydrogen) atoms. The van der Waals surface area contributed by atoms with Crippen molar-refractivity contribution in [1.29, 1.82) is 0 Å². The number of halogens is 2. The monoisotopic (exact) mass is 399 g/mol. The summed E-state index contributed by atoms with van der Waals surface area (Å²) < 4.78 is 13.2. The SMILES string of the molecule is CC1S/C(=N\C2CCCCC2)N(C)C1CC(=O)Nc1cccc(F)c1.Cl. The second kappa shape index (κ2) is 9.60. The number of carbonyl (C=O) groups is 1. The topological polar surface area (TPSA) is 44.7 Å². The Labute approximate surface area is 165 Å². The molecule has 1 saturated heterocycles. The highest BCUT2D eigenvalue weighted by atomic mass is 35.5. The van der Waals surface area contributed by atoms with Crippen LogP contribution in [0.15, 0.2) is 29.3 Å². The van der Waals surface area contributed by atoms with E-state index in [1.54, 1.807) is 23.9 Å². The number of aliphatic imine (C=N–C) groups is 1. The van der Waals surface area contributed by atoms with E-state index in [0.717, 1.165) is 5.17 Å². The molecule has 0 bridgehead atoms. The smallest absolute Gasteiger partial charge is 0.226 e. The van der Waals surface area contributed by atoms with Crippen molar-refractivity contribution in [2.24, 2.45) is 4.99 Å². The minimum atomic E-state index is -0.346. The molecule has 1 aliphatic carbocycles. The van der Waals surface area contributed by atoms with Crippen molar-refractivity contribution < 1.29 is 9.18 Å². The van der Waals surface area contributed by atoms with Crippen molar-refractivity contribution >= 4 is 40.9 Å². The van der Waals surface area contributed by atoms with Gasteiger partial charge < -0.3 is 10.2 Å². The second-order valence-corrected chi connectivity index (χ2v) is 8.31. The first-order valence-corrected chi connectivity index (χ1v) is 9.93. The van der Waals surface area contributed by atoms with Crippen LogP contribution in [0.4, 0.5) is 10.1 Å². The van der Waals surface area contributed by atoms with Crippen molar-refractivity contribution in [3.8, 4) is 0 Å². The van der Waals surface area contributed by atoms with Gasteiger partial charge in [0.05, 0.1) is 12.1 Å². The maximum absolute atomic E-state index is 13.2. The standard InChI is InChI=1S/C19H26FN3OS.ClH/c1-13-17(12-18(24)21-16-10-6-7-14(20)11-16)23(2)19(25-13)22-15-8-4-3-5-9-15;/h6-7,10-11,13,15,17H,3-5,8-9,12H2,1-2H3,(H,21,24);1H/b22-19-;. The lowest BCUT2D eigenvalue weighted by molar-refractivity contribution is -0.117. The highest BCUT2D eigenvalue weighted by molar-refractivity contribution is 8.14. The Kier molecular flexibility index (Phi) is 7.77. The quantitative estimate of drug-likeness (QED) is 0.798.